The van der Waals surface area contributed by atoms with Crippen molar-refractivity contribution in [1.29, 1.82) is 0 Å². The van der Waals surface area contributed by atoms with Gasteiger partial charge in [0, 0.05) is 36.7 Å². The van der Waals surface area contributed by atoms with Gasteiger partial charge in [-0.1, -0.05) is 6.07 Å². The number of pyridine rings is 1. The highest BCUT2D eigenvalue weighted by atomic mass is 16.5. The van der Waals surface area contributed by atoms with Crippen molar-refractivity contribution in [2.75, 3.05) is 39.6 Å². The van der Waals surface area contributed by atoms with E-state index in [2.05, 4.69) is 4.98 Å². The van der Waals surface area contributed by atoms with Crippen LogP contribution in [0.4, 0.5) is 0 Å². The molecule has 0 radical (unpaired) electrons. The molecule has 0 saturated carbocycles. The number of rotatable bonds is 4. The average molecular weight is 356 g/mol. The van der Waals surface area contributed by atoms with Crippen molar-refractivity contribution in [2.45, 2.75) is 25.0 Å². The molecule has 3 heterocycles. The molecule has 0 N–H and O–H groups in total. The zero-order valence-electron chi connectivity index (χ0n) is 15.0. The molecule has 138 valence electrons. The van der Waals surface area contributed by atoms with E-state index >= 15 is 0 Å². The van der Waals surface area contributed by atoms with Crippen LogP contribution in [0.5, 0.6) is 0 Å². The fourth-order valence-corrected chi connectivity index (χ4v) is 3.87. The largest absolute Gasteiger partial charge is 0.379 e. The van der Waals surface area contributed by atoms with Crippen molar-refractivity contribution < 1.29 is 19.0 Å². The van der Waals surface area contributed by atoms with Crippen LogP contribution in [0.2, 0.25) is 0 Å². The highest BCUT2D eigenvalue weighted by molar-refractivity contribution is 5.98. The van der Waals surface area contributed by atoms with E-state index in [1.54, 1.807) is 6.20 Å². The fourth-order valence-electron chi connectivity index (χ4n) is 3.87. The van der Waals surface area contributed by atoms with Crippen LogP contribution in [0.3, 0.4) is 0 Å². The van der Waals surface area contributed by atoms with Crippen LogP contribution >= 0.6 is 0 Å². The monoisotopic (exact) mass is 356 g/mol. The molecule has 1 aromatic carbocycles. The van der Waals surface area contributed by atoms with E-state index in [0.717, 1.165) is 17.3 Å². The van der Waals surface area contributed by atoms with Crippen molar-refractivity contribution in [3.05, 3.63) is 42.1 Å². The first-order chi connectivity index (χ1) is 12.7. The minimum Gasteiger partial charge on any atom is -0.379 e. The summed E-state index contributed by atoms with van der Waals surface area (Å²) in [5, 5.41) is 0.970. The summed E-state index contributed by atoms with van der Waals surface area (Å²) in [7, 11) is 0. The van der Waals surface area contributed by atoms with Gasteiger partial charge in [-0.05, 0) is 31.2 Å². The van der Waals surface area contributed by atoms with Gasteiger partial charge in [0.05, 0.1) is 43.6 Å². The number of nitrogens with zero attached hydrogens (tertiary/aromatic N) is 2. The van der Waals surface area contributed by atoms with E-state index in [4.69, 9.17) is 14.2 Å². The van der Waals surface area contributed by atoms with Gasteiger partial charge in [0.2, 0.25) is 0 Å². The summed E-state index contributed by atoms with van der Waals surface area (Å²) in [4.78, 5) is 19.6. The third-order valence-corrected chi connectivity index (χ3v) is 5.20. The molecule has 26 heavy (non-hydrogen) atoms. The lowest BCUT2D eigenvalue weighted by molar-refractivity contribution is -0.0559. The van der Waals surface area contributed by atoms with Crippen LogP contribution in [0.15, 0.2) is 36.5 Å². The van der Waals surface area contributed by atoms with Gasteiger partial charge < -0.3 is 19.1 Å². The Hall–Kier alpha value is -2.02. The van der Waals surface area contributed by atoms with E-state index in [1.807, 2.05) is 42.2 Å². The highest BCUT2D eigenvalue weighted by Crippen LogP contribution is 2.34. The molecule has 0 aliphatic carbocycles. The summed E-state index contributed by atoms with van der Waals surface area (Å²) in [6, 6.07) is 9.54. The van der Waals surface area contributed by atoms with Crippen LogP contribution in [0, 0.1) is 0 Å². The maximum absolute atomic E-state index is 13.3. The van der Waals surface area contributed by atoms with Crippen molar-refractivity contribution in [2.24, 2.45) is 0 Å². The van der Waals surface area contributed by atoms with Crippen LogP contribution in [0.1, 0.15) is 23.7 Å². The fraction of sp³-hybridized carbons (Fsp3) is 0.500. The number of ether oxygens (including phenoxy) is 3. The van der Waals surface area contributed by atoms with E-state index in [1.165, 1.54) is 0 Å². The van der Waals surface area contributed by atoms with E-state index in [0.29, 0.717) is 45.1 Å². The molecule has 2 aliphatic heterocycles. The maximum Gasteiger partial charge on any atom is 0.254 e. The third-order valence-electron chi connectivity index (χ3n) is 5.20. The molecule has 1 spiro atoms. The number of amides is 1. The quantitative estimate of drug-likeness (QED) is 0.841. The third kappa shape index (κ3) is 3.20. The first-order valence-electron chi connectivity index (χ1n) is 9.16. The molecule has 6 nitrogen and oxygen atoms in total. The van der Waals surface area contributed by atoms with E-state index in [-0.39, 0.29) is 12.0 Å². The lowest BCUT2D eigenvalue weighted by atomic mass is 9.92. The SMILES string of the molecule is CCOC[C@H]1C[C@]2(COCCN2C(=O)c2ccc3ncccc3c2)CO1. The smallest absolute Gasteiger partial charge is 0.254 e. The number of hydrogen-bond acceptors (Lipinski definition) is 5. The van der Waals surface area contributed by atoms with Gasteiger partial charge in [0.15, 0.2) is 0 Å². The molecular formula is C20H24N2O4. The Bertz CT molecular complexity index is 796. The first kappa shape index (κ1) is 17.4. The lowest BCUT2D eigenvalue weighted by Crippen LogP contribution is -2.59. The molecule has 2 saturated heterocycles. The molecule has 2 aliphatic rings. The highest BCUT2D eigenvalue weighted by Gasteiger charge is 2.49. The van der Waals surface area contributed by atoms with Crippen LogP contribution in [-0.4, -0.2) is 67.0 Å². The standard InChI is InChI=1S/C20H24N2O4/c1-2-24-12-17-11-20(14-26-17)13-25-9-8-22(20)19(23)16-5-6-18-15(10-16)4-3-7-21-18/h3-7,10,17H,2,8-9,11-14H2,1H3/t17-,20+/m1/s1. The lowest BCUT2D eigenvalue weighted by Gasteiger charge is -2.43. The molecular weight excluding hydrogens is 332 g/mol. The zero-order valence-corrected chi connectivity index (χ0v) is 15.0. The molecule has 2 fully saturated rings. The van der Waals surface area contributed by atoms with Gasteiger partial charge in [-0.25, -0.2) is 0 Å². The molecule has 0 bridgehead atoms. The number of morpholine rings is 1. The summed E-state index contributed by atoms with van der Waals surface area (Å²) in [5.41, 5.74) is 1.17. The molecule has 0 unspecified atom stereocenters. The Morgan fingerprint density at radius 3 is 3.19 bits per heavy atom. The zero-order chi connectivity index (χ0) is 18.0. The Kier molecular flexibility index (Phi) is 4.89. The second-order valence-electron chi connectivity index (χ2n) is 6.94. The van der Waals surface area contributed by atoms with Gasteiger partial charge in [0.1, 0.15) is 0 Å². The predicted octanol–water partition coefficient (Wildman–Crippen LogP) is 2.27. The number of benzene rings is 1. The van der Waals surface area contributed by atoms with Crippen LogP contribution in [-0.2, 0) is 14.2 Å². The first-order valence-corrected chi connectivity index (χ1v) is 9.16. The van der Waals surface area contributed by atoms with Crippen LogP contribution in [0.25, 0.3) is 10.9 Å². The van der Waals surface area contributed by atoms with Gasteiger partial charge in [-0.15, -0.1) is 0 Å². The maximum atomic E-state index is 13.3. The van der Waals surface area contributed by atoms with E-state index in [9.17, 15) is 4.79 Å². The second kappa shape index (κ2) is 7.31. The minimum atomic E-state index is -0.402. The molecule has 1 amide bonds. The molecule has 2 aromatic rings. The normalized spacial score (nSPS) is 25.9. The van der Waals surface area contributed by atoms with Crippen LogP contribution < -0.4 is 0 Å². The summed E-state index contributed by atoms with van der Waals surface area (Å²) >= 11 is 0. The van der Waals surface area contributed by atoms with Crippen molar-refractivity contribution in [3.63, 3.8) is 0 Å². The van der Waals surface area contributed by atoms with Gasteiger partial charge >= 0.3 is 0 Å². The Morgan fingerprint density at radius 2 is 2.31 bits per heavy atom. The summed E-state index contributed by atoms with van der Waals surface area (Å²) < 4.78 is 17.2. The summed E-state index contributed by atoms with van der Waals surface area (Å²) in [5.74, 6) is 0.0275. The van der Waals surface area contributed by atoms with E-state index < -0.39 is 5.54 Å². The summed E-state index contributed by atoms with van der Waals surface area (Å²) in [6.07, 6.45) is 2.51. The Morgan fingerprint density at radius 1 is 1.38 bits per heavy atom. The summed E-state index contributed by atoms with van der Waals surface area (Å²) in [6.45, 7) is 5.33. The van der Waals surface area contributed by atoms with Gasteiger partial charge in [-0.3, -0.25) is 9.78 Å². The number of hydrogen-bond donors (Lipinski definition) is 0. The number of fused-ring (bicyclic) bond motifs is 1. The number of aromatic nitrogens is 1. The van der Waals surface area contributed by atoms with Gasteiger partial charge in [0.25, 0.3) is 5.91 Å². The molecule has 6 heteroatoms. The Labute approximate surface area is 153 Å². The molecule has 1 aromatic heterocycles. The average Bonchev–Trinajstić information content (AvgIpc) is 3.09. The second-order valence-corrected chi connectivity index (χ2v) is 6.94. The minimum absolute atomic E-state index is 0.00718. The van der Waals surface area contributed by atoms with Gasteiger partial charge in [-0.2, -0.15) is 0 Å². The molecule has 2 atom stereocenters. The predicted molar refractivity (Wildman–Crippen MR) is 97.2 cm³/mol. The number of carbonyl (C=O) groups is 1. The topological polar surface area (TPSA) is 60.9 Å². The van der Waals surface area contributed by atoms with Crippen molar-refractivity contribution >= 4 is 16.8 Å². The molecule has 4 rings (SSSR count). The van der Waals surface area contributed by atoms with Crippen molar-refractivity contribution in [3.8, 4) is 0 Å². The Balaban J connectivity index is 1.58. The number of carbonyl (C=O) groups excluding carboxylic acids is 1. The van der Waals surface area contributed by atoms with Crippen molar-refractivity contribution in [1.82, 2.24) is 9.88 Å².